The molecule has 1 N–H and O–H groups in total. The Morgan fingerprint density at radius 3 is 2.55 bits per heavy atom. The van der Waals surface area contributed by atoms with Crippen LogP contribution in [0.2, 0.25) is 0 Å². The summed E-state index contributed by atoms with van der Waals surface area (Å²) in [5.74, 6) is 1.44. The summed E-state index contributed by atoms with van der Waals surface area (Å²) in [6, 6.07) is 8.34. The molecule has 31 heavy (non-hydrogen) atoms. The number of allylic oxidation sites excluding steroid dienone is 1. The van der Waals surface area contributed by atoms with Crippen LogP contribution in [0, 0.1) is 0 Å². The molecule has 1 aliphatic heterocycles. The third-order valence-electron chi connectivity index (χ3n) is 5.09. The SMILES string of the molecule is C=CN=CC/C(=C\C)C(C)N=C(Nc1ccc(CN2CCS(=O)(=O)CC2)cc1)SCC. The lowest BCUT2D eigenvalue weighted by Crippen LogP contribution is -2.39. The van der Waals surface area contributed by atoms with Gasteiger partial charge in [-0.15, -0.1) is 0 Å². The predicted molar refractivity (Wildman–Crippen MR) is 136 cm³/mol. The van der Waals surface area contributed by atoms with Gasteiger partial charge in [-0.25, -0.2) is 8.42 Å². The lowest BCUT2D eigenvalue weighted by Gasteiger charge is -2.26. The smallest absolute Gasteiger partial charge is 0.161 e. The summed E-state index contributed by atoms with van der Waals surface area (Å²) < 4.78 is 23.2. The van der Waals surface area contributed by atoms with Crippen LogP contribution in [-0.4, -0.2) is 61.1 Å². The Bertz CT molecular complexity index is 892. The quantitative estimate of drug-likeness (QED) is 0.335. The maximum atomic E-state index is 11.6. The molecule has 170 valence electrons. The van der Waals surface area contributed by atoms with E-state index in [9.17, 15) is 8.42 Å². The van der Waals surface area contributed by atoms with Crippen molar-refractivity contribution >= 4 is 38.7 Å². The summed E-state index contributed by atoms with van der Waals surface area (Å²) in [6.45, 7) is 11.8. The highest BCUT2D eigenvalue weighted by Gasteiger charge is 2.21. The number of hydrogen-bond acceptors (Lipinski definition) is 6. The molecular formula is C23H34N4O2S2. The second kappa shape index (κ2) is 12.8. The van der Waals surface area contributed by atoms with Gasteiger partial charge in [-0.2, -0.15) is 0 Å². The number of amidine groups is 1. The first-order valence-corrected chi connectivity index (χ1v) is 13.4. The number of benzene rings is 1. The molecule has 1 heterocycles. The van der Waals surface area contributed by atoms with E-state index in [2.05, 4.69) is 66.0 Å². The highest BCUT2D eigenvalue weighted by Crippen LogP contribution is 2.18. The zero-order valence-electron chi connectivity index (χ0n) is 18.8. The molecule has 0 aromatic heterocycles. The largest absolute Gasteiger partial charge is 0.335 e. The molecule has 0 bridgehead atoms. The Balaban J connectivity index is 1.99. The van der Waals surface area contributed by atoms with Gasteiger partial charge in [0.05, 0.1) is 17.5 Å². The fourth-order valence-electron chi connectivity index (χ4n) is 3.25. The third-order valence-corrected chi connectivity index (χ3v) is 7.46. The van der Waals surface area contributed by atoms with Crippen molar-refractivity contribution in [2.75, 3.05) is 35.7 Å². The summed E-state index contributed by atoms with van der Waals surface area (Å²) in [5, 5.41) is 4.33. The van der Waals surface area contributed by atoms with Gasteiger partial charge in [0.1, 0.15) is 0 Å². The molecule has 1 unspecified atom stereocenters. The molecule has 1 aromatic rings. The molecule has 0 amide bonds. The highest BCUT2D eigenvalue weighted by molar-refractivity contribution is 8.14. The minimum Gasteiger partial charge on any atom is -0.335 e. The molecule has 8 heteroatoms. The van der Waals surface area contributed by atoms with Gasteiger partial charge in [0, 0.05) is 44.2 Å². The molecular weight excluding hydrogens is 428 g/mol. The summed E-state index contributed by atoms with van der Waals surface area (Å²) in [4.78, 5) is 11.2. The molecule has 0 saturated carbocycles. The van der Waals surface area contributed by atoms with Crippen LogP contribution >= 0.6 is 11.8 Å². The van der Waals surface area contributed by atoms with Crippen molar-refractivity contribution in [3.05, 3.63) is 54.3 Å². The molecule has 1 atom stereocenters. The number of nitrogens with one attached hydrogen (secondary N) is 1. The number of anilines is 1. The van der Waals surface area contributed by atoms with Crippen LogP contribution in [0.25, 0.3) is 0 Å². The molecule has 2 rings (SSSR count). The van der Waals surface area contributed by atoms with Crippen LogP contribution in [0.5, 0.6) is 0 Å². The number of sulfone groups is 1. The van der Waals surface area contributed by atoms with E-state index in [0.29, 0.717) is 13.1 Å². The molecule has 1 fully saturated rings. The van der Waals surface area contributed by atoms with Gasteiger partial charge >= 0.3 is 0 Å². The number of rotatable bonds is 9. The van der Waals surface area contributed by atoms with Crippen LogP contribution in [0.1, 0.15) is 32.8 Å². The lowest BCUT2D eigenvalue weighted by atomic mass is 10.1. The Kier molecular flexibility index (Phi) is 10.5. The molecule has 6 nitrogen and oxygen atoms in total. The summed E-state index contributed by atoms with van der Waals surface area (Å²) in [7, 11) is -2.84. The van der Waals surface area contributed by atoms with E-state index in [1.807, 2.05) is 13.1 Å². The van der Waals surface area contributed by atoms with Crippen molar-refractivity contribution < 1.29 is 8.42 Å². The first-order valence-electron chi connectivity index (χ1n) is 10.6. The second-order valence-corrected chi connectivity index (χ2v) is 10.9. The number of aliphatic imine (C=N–C) groups is 2. The topological polar surface area (TPSA) is 74.1 Å². The van der Waals surface area contributed by atoms with Crippen molar-refractivity contribution in [2.24, 2.45) is 9.98 Å². The Morgan fingerprint density at radius 2 is 1.97 bits per heavy atom. The normalized spacial score (nSPS) is 18.8. The van der Waals surface area contributed by atoms with E-state index in [-0.39, 0.29) is 17.5 Å². The number of nitrogens with zero attached hydrogens (tertiary/aromatic N) is 3. The third kappa shape index (κ3) is 9.01. The zero-order valence-corrected chi connectivity index (χ0v) is 20.4. The van der Waals surface area contributed by atoms with Crippen LogP contribution in [0.15, 0.2) is 58.7 Å². The van der Waals surface area contributed by atoms with Gasteiger partial charge in [-0.3, -0.25) is 14.9 Å². The van der Waals surface area contributed by atoms with Crippen LogP contribution in [0.4, 0.5) is 5.69 Å². The maximum absolute atomic E-state index is 11.6. The summed E-state index contributed by atoms with van der Waals surface area (Å²) in [6.07, 6.45) is 6.24. The minimum atomic E-state index is -2.84. The zero-order chi connectivity index (χ0) is 22.7. The van der Waals surface area contributed by atoms with E-state index in [1.54, 1.807) is 11.8 Å². The number of thioether (sulfide) groups is 1. The van der Waals surface area contributed by atoms with Gasteiger partial charge < -0.3 is 5.32 Å². The summed E-state index contributed by atoms with van der Waals surface area (Å²) in [5.41, 5.74) is 3.38. The molecule has 0 radical (unpaired) electrons. The number of hydrogen-bond donors (Lipinski definition) is 1. The average Bonchev–Trinajstić information content (AvgIpc) is 2.74. The molecule has 1 aromatic carbocycles. The van der Waals surface area contributed by atoms with Gasteiger partial charge in [0.25, 0.3) is 0 Å². The average molecular weight is 463 g/mol. The molecule has 0 aliphatic carbocycles. The Morgan fingerprint density at radius 1 is 1.29 bits per heavy atom. The first kappa shape index (κ1) is 25.4. The minimum absolute atomic E-state index is 0.0532. The maximum Gasteiger partial charge on any atom is 0.161 e. The van der Waals surface area contributed by atoms with Gasteiger partial charge in [-0.05, 0) is 42.9 Å². The van der Waals surface area contributed by atoms with Crippen LogP contribution in [0.3, 0.4) is 0 Å². The van der Waals surface area contributed by atoms with Crippen molar-refractivity contribution in [1.29, 1.82) is 0 Å². The van der Waals surface area contributed by atoms with Crippen molar-refractivity contribution in [2.45, 2.75) is 39.8 Å². The molecule has 1 aliphatic rings. The molecule has 0 spiro atoms. The van der Waals surface area contributed by atoms with Gasteiger partial charge in [-0.1, -0.05) is 43.5 Å². The van der Waals surface area contributed by atoms with Crippen molar-refractivity contribution in [3.8, 4) is 0 Å². The highest BCUT2D eigenvalue weighted by atomic mass is 32.2. The van der Waals surface area contributed by atoms with Crippen LogP contribution in [-0.2, 0) is 16.4 Å². The fourth-order valence-corrected chi connectivity index (χ4v) is 5.22. The molecule has 1 saturated heterocycles. The van der Waals surface area contributed by atoms with E-state index >= 15 is 0 Å². The van der Waals surface area contributed by atoms with E-state index in [1.165, 1.54) is 17.3 Å². The monoisotopic (exact) mass is 462 g/mol. The van der Waals surface area contributed by atoms with Crippen molar-refractivity contribution in [3.63, 3.8) is 0 Å². The fraction of sp³-hybridized carbons (Fsp3) is 0.478. The van der Waals surface area contributed by atoms with Gasteiger partial charge in [0.2, 0.25) is 0 Å². The van der Waals surface area contributed by atoms with E-state index in [4.69, 9.17) is 4.99 Å². The Labute approximate surface area is 191 Å². The van der Waals surface area contributed by atoms with E-state index in [0.717, 1.165) is 29.6 Å². The lowest BCUT2D eigenvalue weighted by molar-refractivity contribution is 0.287. The summed E-state index contributed by atoms with van der Waals surface area (Å²) >= 11 is 1.69. The van der Waals surface area contributed by atoms with Gasteiger partial charge in [0.15, 0.2) is 15.0 Å². The Hall–Kier alpha value is -1.90. The van der Waals surface area contributed by atoms with Crippen LogP contribution < -0.4 is 5.32 Å². The predicted octanol–water partition coefficient (Wildman–Crippen LogP) is 4.38. The van der Waals surface area contributed by atoms with Crippen molar-refractivity contribution in [1.82, 2.24) is 4.90 Å². The second-order valence-electron chi connectivity index (χ2n) is 7.38. The van der Waals surface area contributed by atoms with E-state index < -0.39 is 9.84 Å². The standard InChI is InChI=1S/C23H34N4O2S2/c1-5-21(12-13-24-6-2)19(4)25-23(30-7-3)26-22-10-8-20(9-11-22)18-27-14-16-31(28,29)17-15-27/h5-6,8-11,13,19H,2,7,12,14-18H2,1,3-4H3,(H,25,26)/b21-5+,24-13?. The first-order chi connectivity index (χ1) is 14.9.